The molecule has 0 spiro atoms. The summed E-state index contributed by atoms with van der Waals surface area (Å²) < 4.78 is 44.6. The van der Waals surface area contributed by atoms with E-state index in [1.54, 1.807) is 6.07 Å². The van der Waals surface area contributed by atoms with Crippen molar-refractivity contribution in [1.82, 2.24) is 10.5 Å². The number of hydrogen-bond acceptors (Lipinski definition) is 1. The number of alkyl halides is 3. The van der Waals surface area contributed by atoms with Gasteiger partial charge in [-0.25, -0.2) is 0 Å². The summed E-state index contributed by atoms with van der Waals surface area (Å²) in [6.45, 7) is 1.44. The molecule has 1 heterocycles. The van der Waals surface area contributed by atoms with Crippen molar-refractivity contribution in [3.63, 3.8) is 0 Å². The second-order valence-electron chi connectivity index (χ2n) is 5.92. The molecule has 0 atom stereocenters. The molecule has 3 rings (SSSR count). The van der Waals surface area contributed by atoms with Crippen LogP contribution < -0.4 is 0 Å². The maximum absolute atomic E-state index is 12.6. The van der Waals surface area contributed by atoms with Gasteiger partial charge in [0.05, 0.1) is 0 Å². The van der Waals surface area contributed by atoms with Crippen LogP contribution in [0.3, 0.4) is 0 Å². The zero-order chi connectivity index (χ0) is 20.7. The van der Waals surface area contributed by atoms with Gasteiger partial charge in [0.1, 0.15) is 0 Å². The maximum Gasteiger partial charge on any atom is 0.0435 e. The molecule has 0 saturated carbocycles. The van der Waals surface area contributed by atoms with Crippen LogP contribution in [0, 0.1) is 3.80 Å². The monoisotopic (exact) mass is 794 g/mol. The van der Waals surface area contributed by atoms with E-state index in [9.17, 15) is 13.2 Å². The SMILES string of the molecule is Cn1ccn(Cc2cccc(C(F)(F)F)c2)[c]1=[Pt].IN(I)Cc1ccccc1. The number of aromatic nitrogens is 2. The minimum absolute atomic E-state index is 0.434. The molecule has 154 valence electrons. The van der Waals surface area contributed by atoms with Crippen molar-refractivity contribution < 1.29 is 32.5 Å². The Kier molecular flexibility index (Phi) is 9.43. The van der Waals surface area contributed by atoms with E-state index in [-0.39, 0.29) is 0 Å². The van der Waals surface area contributed by atoms with Gasteiger partial charge in [0, 0.05) is 52.3 Å². The average molecular weight is 794 g/mol. The number of imidazole rings is 1. The fraction of sp³-hybridized carbons (Fsp3) is 0.211. The van der Waals surface area contributed by atoms with Crippen LogP contribution in [0.25, 0.3) is 0 Å². The van der Waals surface area contributed by atoms with Gasteiger partial charge in [0.25, 0.3) is 0 Å². The van der Waals surface area contributed by atoms with Gasteiger partial charge in [-0.3, -0.25) is 0 Å². The summed E-state index contributed by atoms with van der Waals surface area (Å²) in [5, 5.41) is 0. The summed E-state index contributed by atoms with van der Waals surface area (Å²) in [7, 11) is 1.89. The number of benzene rings is 2. The summed E-state index contributed by atoms with van der Waals surface area (Å²) in [6.07, 6.45) is -0.566. The van der Waals surface area contributed by atoms with Crippen LogP contribution in [0.5, 0.6) is 0 Å². The van der Waals surface area contributed by atoms with Crippen LogP contribution in [-0.4, -0.2) is 10.5 Å². The van der Waals surface area contributed by atoms with Crippen molar-refractivity contribution in [3.8, 4) is 0 Å². The Morgan fingerprint density at radius 3 is 2.14 bits per heavy atom. The fourth-order valence-corrected chi connectivity index (χ4v) is 3.68. The topological polar surface area (TPSA) is 13.1 Å². The summed E-state index contributed by atoms with van der Waals surface area (Å²) in [5.74, 6) is 0. The first-order valence-electron chi connectivity index (χ1n) is 8.13. The van der Waals surface area contributed by atoms with Gasteiger partial charge in [0.2, 0.25) is 0 Å². The molecule has 9 heteroatoms. The van der Waals surface area contributed by atoms with Gasteiger partial charge in [-0.2, -0.15) is 1.33 Å². The molecule has 0 aliphatic rings. The molecule has 0 aliphatic carbocycles. The standard InChI is InChI=1S/C12H11F3N2.C7H7I2N.Pt/c1-16-5-6-17(9-16)8-10-3-2-4-11(7-10)12(13,14)15;8-10(9)6-7-4-2-1-3-5-7;/h2-7H,8H2,1H3;1-5H,6H2;. The van der Waals surface area contributed by atoms with E-state index in [0.29, 0.717) is 12.1 Å². The van der Waals surface area contributed by atoms with Gasteiger partial charge in [-0.05, 0) is 5.56 Å². The Morgan fingerprint density at radius 2 is 1.61 bits per heavy atom. The zero-order valence-corrected chi connectivity index (χ0v) is 21.4. The van der Waals surface area contributed by atoms with Gasteiger partial charge in [0.15, 0.2) is 0 Å². The van der Waals surface area contributed by atoms with Gasteiger partial charge >= 0.3 is 113 Å². The summed E-state index contributed by atoms with van der Waals surface area (Å²) in [5.41, 5.74) is 1.39. The molecular formula is C19H18F3I2N3Pt. The predicted molar refractivity (Wildman–Crippen MR) is 117 cm³/mol. The molecule has 0 aliphatic heterocycles. The van der Waals surface area contributed by atoms with E-state index >= 15 is 0 Å². The normalized spacial score (nSPS) is 11.3. The van der Waals surface area contributed by atoms with Crippen molar-refractivity contribution in [2.45, 2.75) is 19.3 Å². The molecule has 0 N–H and O–H groups in total. The minimum Gasteiger partial charge on any atom is -0.184 e. The van der Waals surface area contributed by atoms with Crippen LogP contribution in [0.15, 0.2) is 67.0 Å². The van der Waals surface area contributed by atoms with Crippen molar-refractivity contribution >= 4 is 45.7 Å². The van der Waals surface area contributed by atoms with E-state index in [1.165, 1.54) is 17.7 Å². The van der Waals surface area contributed by atoms with E-state index in [4.69, 9.17) is 0 Å². The second-order valence-corrected chi connectivity index (χ2v) is 11.1. The molecule has 0 radical (unpaired) electrons. The van der Waals surface area contributed by atoms with Gasteiger partial charge in [-0.1, -0.05) is 30.3 Å². The summed E-state index contributed by atoms with van der Waals surface area (Å²) >= 11 is 6.67. The molecule has 0 fully saturated rings. The van der Waals surface area contributed by atoms with Crippen LogP contribution in [0.1, 0.15) is 16.7 Å². The first-order chi connectivity index (χ1) is 13.2. The zero-order valence-electron chi connectivity index (χ0n) is 14.8. The van der Waals surface area contributed by atoms with E-state index in [0.717, 1.165) is 16.4 Å². The van der Waals surface area contributed by atoms with Crippen LogP contribution in [-0.2, 0) is 45.7 Å². The quantitative estimate of drug-likeness (QED) is 0.228. The number of halogens is 5. The minimum atomic E-state index is -4.29. The van der Waals surface area contributed by atoms with Crippen LogP contribution in [0.4, 0.5) is 13.2 Å². The molecule has 3 nitrogen and oxygen atoms in total. The predicted octanol–water partition coefficient (Wildman–Crippen LogP) is 6.16. The van der Waals surface area contributed by atoms with Crippen LogP contribution in [0.2, 0.25) is 0 Å². The Morgan fingerprint density at radius 1 is 0.964 bits per heavy atom. The Bertz CT molecular complexity index is 937. The molecule has 28 heavy (non-hydrogen) atoms. The van der Waals surface area contributed by atoms with E-state index in [2.05, 4.69) is 90.7 Å². The Hall–Kier alpha value is -0.452. The smallest absolute Gasteiger partial charge is 0.0435 e. The van der Waals surface area contributed by atoms with E-state index < -0.39 is 11.7 Å². The molecule has 3 aromatic rings. The molecular weight excluding hydrogens is 776 g/mol. The summed E-state index contributed by atoms with van der Waals surface area (Å²) in [6, 6.07) is 15.8. The van der Waals surface area contributed by atoms with Gasteiger partial charge < -0.3 is 0 Å². The van der Waals surface area contributed by atoms with Crippen LogP contribution >= 0.6 is 45.7 Å². The number of aryl methyl sites for hydroxylation is 1. The third-order valence-corrected chi connectivity index (χ3v) is 5.85. The second kappa shape index (κ2) is 11.1. The van der Waals surface area contributed by atoms with Crippen molar-refractivity contribution in [3.05, 3.63) is 87.5 Å². The Labute approximate surface area is 201 Å². The molecule has 0 amide bonds. The van der Waals surface area contributed by atoms with Gasteiger partial charge in [-0.15, -0.1) is 0 Å². The molecule has 2 aromatic carbocycles. The molecule has 1 aromatic heterocycles. The maximum atomic E-state index is 12.6. The molecule has 0 unspecified atom stereocenters. The fourth-order valence-electron chi connectivity index (χ4n) is 2.37. The molecule has 0 saturated heterocycles. The van der Waals surface area contributed by atoms with Crippen molar-refractivity contribution in [2.24, 2.45) is 7.05 Å². The number of hydrogen-bond donors (Lipinski definition) is 0. The summed E-state index contributed by atoms with van der Waals surface area (Å²) in [4.78, 5) is 0. The Balaban J connectivity index is 0.000000237. The third-order valence-electron chi connectivity index (χ3n) is 3.71. The number of nitrogens with zero attached hydrogens (tertiary/aromatic N) is 3. The molecule has 0 bridgehead atoms. The number of rotatable bonds is 4. The first kappa shape index (κ1) is 23.8. The third kappa shape index (κ3) is 7.76. The van der Waals surface area contributed by atoms with E-state index in [1.807, 2.05) is 34.6 Å². The van der Waals surface area contributed by atoms with Crippen molar-refractivity contribution in [2.75, 3.05) is 0 Å². The first-order valence-corrected chi connectivity index (χ1v) is 11.2. The van der Waals surface area contributed by atoms with Crippen molar-refractivity contribution in [1.29, 1.82) is 0 Å². The average Bonchev–Trinajstić information content (AvgIpc) is 2.94. The largest absolute Gasteiger partial charge is 0.184 e.